The molecular formula is C10H25NSi. The highest BCUT2D eigenvalue weighted by Gasteiger charge is 2.20. The number of nitrogens with zero attached hydrogens (tertiary/aromatic N) is 1. The maximum atomic E-state index is 2.72. The molecule has 0 radical (unpaired) electrons. The Morgan fingerprint density at radius 2 is 1.58 bits per heavy atom. The van der Waals surface area contributed by atoms with Gasteiger partial charge >= 0.3 is 0 Å². The molecule has 1 nitrogen and oxygen atoms in total. The van der Waals surface area contributed by atoms with Crippen molar-refractivity contribution in [1.82, 2.24) is 4.57 Å². The molecule has 0 aromatic carbocycles. The van der Waals surface area contributed by atoms with Crippen molar-refractivity contribution in [2.75, 3.05) is 13.1 Å². The van der Waals surface area contributed by atoms with E-state index in [9.17, 15) is 0 Å². The molecule has 0 aliphatic carbocycles. The molecule has 12 heavy (non-hydrogen) atoms. The highest BCUT2D eigenvalue weighted by atomic mass is 28.3. The third kappa shape index (κ3) is 3.28. The summed E-state index contributed by atoms with van der Waals surface area (Å²) in [7, 11) is -0.589. The van der Waals surface area contributed by atoms with E-state index < -0.39 is 8.96 Å². The lowest BCUT2D eigenvalue weighted by Crippen LogP contribution is -2.41. The van der Waals surface area contributed by atoms with Crippen molar-refractivity contribution < 1.29 is 0 Å². The van der Waals surface area contributed by atoms with Gasteiger partial charge < -0.3 is 4.57 Å². The Morgan fingerprint density at radius 1 is 1.08 bits per heavy atom. The zero-order valence-corrected chi connectivity index (χ0v) is 10.6. The van der Waals surface area contributed by atoms with Crippen LogP contribution in [0.25, 0.3) is 0 Å². The molecule has 0 fully saturated rings. The van der Waals surface area contributed by atoms with Crippen molar-refractivity contribution >= 4 is 8.96 Å². The zero-order chi connectivity index (χ0) is 9.56. The first kappa shape index (κ1) is 12.2. The average molecular weight is 187 g/mol. The van der Waals surface area contributed by atoms with Crippen LogP contribution in [0.2, 0.25) is 11.6 Å². The molecule has 0 saturated carbocycles. The predicted octanol–water partition coefficient (Wildman–Crippen LogP) is 2.87. The van der Waals surface area contributed by atoms with Gasteiger partial charge in [-0.1, -0.05) is 41.0 Å². The van der Waals surface area contributed by atoms with Crippen LogP contribution in [0, 0.1) is 0 Å². The normalized spacial score (nSPS) is 16.5. The minimum atomic E-state index is -0.589. The van der Waals surface area contributed by atoms with E-state index in [4.69, 9.17) is 0 Å². The fraction of sp³-hybridized carbons (Fsp3) is 1.00. The Morgan fingerprint density at radius 3 is 1.83 bits per heavy atom. The van der Waals surface area contributed by atoms with E-state index in [1.165, 1.54) is 25.6 Å². The second-order valence-electron chi connectivity index (χ2n) is 3.58. The average Bonchev–Trinajstić information content (AvgIpc) is 2.12. The highest BCUT2D eigenvalue weighted by molar-refractivity contribution is 6.57. The number of hydrogen-bond donors (Lipinski definition) is 0. The Labute approximate surface area is 79.8 Å². The van der Waals surface area contributed by atoms with Crippen LogP contribution in [0.15, 0.2) is 0 Å². The van der Waals surface area contributed by atoms with Crippen LogP contribution in [0.1, 0.15) is 41.0 Å². The van der Waals surface area contributed by atoms with Crippen LogP contribution in [-0.2, 0) is 0 Å². The lowest BCUT2D eigenvalue weighted by Gasteiger charge is -2.31. The van der Waals surface area contributed by atoms with Gasteiger partial charge in [0.1, 0.15) is 8.96 Å². The quantitative estimate of drug-likeness (QED) is 0.578. The van der Waals surface area contributed by atoms with Gasteiger partial charge in [-0.3, -0.25) is 0 Å². The Hall–Kier alpha value is 0.177. The van der Waals surface area contributed by atoms with Gasteiger partial charge in [0, 0.05) is 0 Å². The van der Waals surface area contributed by atoms with Crippen molar-refractivity contribution in [2.45, 2.75) is 52.6 Å². The van der Waals surface area contributed by atoms with Crippen molar-refractivity contribution in [3.05, 3.63) is 0 Å². The van der Waals surface area contributed by atoms with Gasteiger partial charge in [-0.25, -0.2) is 0 Å². The summed E-state index contributed by atoms with van der Waals surface area (Å²) in [5, 5.41) is 0. The van der Waals surface area contributed by atoms with Crippen molar-refractivity contribution in [2.24, 2.45) is 0 Å². The van der Waals surface area contributed by atoms with E-state index in [1.807, 2.05) is 0 Å². The topological polar surface area (TPSA) is 3.24 Å². The van der Waals surface area contributed by atoms with Gasteiger partial charge in [0.2, 0.25) is 0 Å². The number of rotatable bonds is 6. The molecule has 0 aromatic rings. The molecule has 0 amide bonds. The van der Waals surface area contributed by atoms with E-state index in [2.05, 4.69) is 39.2 Å². The molecule has 0 aliphatic rings. The van der Waals surface area contributed by atoms with Gasteiger partial charge in [0.15, 0.2) is 0 Å². The maximum Gasteiger partial charge on any atom is 0.114 e. The van der Waals surface area contributed by atoms with Crippen molar-refractivity contribution in [1.29, 1.82) is 0 Å². The first-order valence-electron chi connectivity index (χ1n) is 5.45. The summed E-state index contributed by atoms with van der Waals surface area (Å²) in [6.45, 7) is 14.2. The molecule has 0 spiro atoms. The molecule has 2 unspecified atom stereocenters. The van der Waals surface area contributed by atoms with Gasteiger partial charge in [-0.15, -0.1) is 0 Å². The van der Waals surface area contributed by atoms with Gasteiger partial charge in [0.25, 0.3) is 0 Å². The lowest BCUT2D eigenvalue weighted by molar-refractivity contribution is 0.465. The summed E-state index contributed by atoms with van der Waals surface area (Å²) >= 11 is 0. The minimum Gasteiger partial charge on any atom is -0.326 e. The van der Waals surface area contributed by atoms with E-state index in [-0.39, 0.29) is 0 Å². The van der Waals surface area contributed by atoms with Crippen molar-refractivity contribution in [3.8, 4) is 0 Å². The molecule has 74 valence electrons. The van der Waals surface area contributed by atoms with E-state index in [0.717, 1.165) is 5.54 Å². The van der Waals surface area contributed by atoms with Crippen molar-refractivity contribution in [3.63, 3.8) is 0 Å². The molecular weight excluding hydrogens is 162 g/mol. The smallest absolute Gasteiger partial charge is 0.114 e. The molecule has 0 aliphatic heterocycles. The van der Waals surface area contributed by atoms with Crippen LogP contribution in [0.5, 0.6) is 0 Å². The fourth-order valence-corrected chi connectivity index (χ4v) is 5.51. The van der Waals surface area contributed by atoms with Crippen LogP contribution in [-0.4, -0.2) is 26.6 Å². The fourth-order valence-electron chi connectivity index (χ4n) is 1.99. The van der Waals surface area contributed by atoms with E-state index in [0.29, 0.717) is 0 Å². The Bertz CT molecular complexity index is 102. The summed E-state index contributed by atoms with van der Waals surface area (Å²) in [5.41, 5.74) is 0.981. The maximum absolute atomic E-state index is 2.72. The van der Waals surface area contributed by atoms with Crippen LogP contribution in [0.3, 0.4) is 0 Å². The molecule has 0 saturated heterocycles. The SMILES string of the molecule is CCC(C)[SiH](CC)N(CC)CC. The Balaban J connectivity index is 4.09. The summed E-state index contributed by atoms with van der Waals surface area (Å²) in [5.74, 6) is 0. The predicted molar refractivity (Wildman–Crippen MR) is 60.3 cm³/mol. The molecule has 0 bridgehead atoms. The summed E-state index contributed by atoms with van der Waals surface area (Å²) in [6.07, 6.45) is 1.36. The van der Waals surface area contributed by atoms with Crippen LogP contribution < -0.4 is 0 Å². The van der Waals surface area contributed by atoms with Gasteiger partial charge in [-0.2, -0.15) is 0 Å². The summed E-state index contributed by atoms with van der Waals surface area (Å²) in [4.78, 5) is 0. The summed E-state index contributed by atoms with van der Waals surface area (Å²) < 4.78 is 2.72. The van der Waals surface area contributed by atoms with Gasteiger partial charge in [-0.05, 0) is 24.7 Å². The van der Waals surface area contributed by atoms with Gasteiger partial charge in [0.05, 0.1) is 0 Å². The molecule has 0 aromatic heterocycles. The van der Waals surface area contributed by atoms with E-state index >= 15 is 0 Å². The highest BCUT2D eigenvalue weighted by Crippen LogP contribution is 2.19. The molecule has 0 rings (SSSR count). The third-order valence-corrected chi connectivity index (χ3v) is 7.29. The molecule has 0 N–H and O–H groups in total. The molecule has 2 atom stereocenters. The van der Waals surface area contributed by atoms with Crippen LogP contribution >= 0.6 is 0 Å². The largest absolute Gasteiger partial charge is 0.326 e. The zero-order valence-electron chi connectivity index (χ0n) is 9.43. The molecule has 2 heteroatoms. The first-order valence-corrected chi connectivity index (χ1v) is 7.45. The second-order valence-corrected chi connectivity index (χ2v) is 7.40. The lowest BCUT2D eigenvalue weighted by atomic mass is 10.4. The van der Waals surface area contributed by atoms with Crippen LogP contribution in [0.4, 0.5) is 0 Å². The third-order valence-electron chi connectivity index (χ3n) is 3.00. The molecule has 0 heterocycles. The summed E-state index contributed by atoms with van der Waals surface area (Å²) in [6, 6.07) is 1.43. The first-order chi connectivity index (χ1) is 5.71. The number of hydrogen-bond acceptors (Lipinski definition) is 1. The Kier molecular flexibility index (Phi) is 6.77. The van der Waals surface area contributed by atoms with E-state index in [1.54, 1.807) is 0 Å². The monoisotopic (exact) mass is 187 g/mol. The standard InChI is InChI=1S/C10H25NSi/c1-6-10(5)12(9-4)11(7-2)8-3/h10,12H,6-9H2,1-5H3. The minimum absolute atomic E-state index is 0.589. The second kappa shape index (κ2) is 6.67.